The average Bonchev–Trinajstić information content (AvgIpc) is 3.47. The van der Waals surface area contributed by atoms with Crippen molar-refractivity contribution in [1.29, 1.82) is 0 Å². The molecule has 8 heteroatoms. The van der Waals surface area contributed by atoms with Gasteiger partial charge in [0, 0.05) is 10.4 Å². The van der Waals surface area contributed by atoms with Crippen LogP contribution in [0.3, 0.4) is 0 Å². The van der Waals surface area contributed by atoms with Gasteiger partial charge in [-0.25, -0.2) is 4.79 Å². The normalized spacial score (nSPS) is 13.7. The summed E-state index contributed by atoms with van der Waals surface area (Å²) in [5.41, 5.74) is 1.95. The standard InChI is InChI=1S/C24H24N2O4S2/c1-2-30-24(29)19-16-11-6-7-12-17(16)32-23(19)26-21(20(27)15-9-4-3-5-10-15)25-22(28)18-13-8-14-31-18/h3-5,8-10,13-14,21,26H,2,6-7,11-12H2,1H3,(H,25,28)/t21-/m0/s1. The quantitative estimate of drug-likeness (QED) is 0.279. The second-order valence-corrected chi connectivity index (χ2v) is 9.45. The number of carbonyl (C=O) groups is 3. The molecule has 32 heavy (non-hydrogen) atoms. The molecule has 166 valence electrons. The molecule has 2 heterocycles. The van der Waals surface area contributed by atoms with Crippen LogP contribution in [0.4, 0.5) is 5.00 Å². The number of benzene rings is 1. The molecule has 3 aromatic rings. The molecule has 0 radical (unpaired) electrons. The zero-order valence-corrected chi connectivity index (χ0v) is 19.3. The third-order valence-electron chi connectivity index (χ3n) is 5.27. The molecule has 1 aromatic carbocycles. The average molecular weight is 469 g/mol. The maximum Gasteiger partial charge on any atom is 0.341 e. The van der Waals surface area contributed by atoms with Crippen LogP contribution in [0.1, 0.15) is 60.6 Å². The summed E-state index contributed by atoms with van der Waals surface area (Å²) in [5, 5.41) is 8.36. The first-order valence-corrected chi connectivity index (χ1v) is 12.3. The van der Waals surface area contributed by atoms with E-state index in [-0.39, 0.29) is 18.3 Å². The molecule has 0 spiro atoms. The highest BCUT2D eigenvalue weighted by Crippen LogP contribution is 2.39. The number of anilines is 1. The van der Waals surface area contributed by atoms with Crippen LogP contribution in [0.5, 0.6) is 0 Å². The van der Waals surface area contributed by atoms with Gasteiger partial charge in [0.1, 0.15) is 5.00 Å². The number of hydrogen-bond donors (Lipinski definition) is 2. The highest BCUT2D eigenvalue weighted by atomic mass is 32.1. The number of nitrogens with one attached hydrogen (secondary N) is 2. The predicted molar refractivity (Wildman–Crippen MR) is 127 cm³/mol. The summed E-state index contributed by atoms with van der Waals surface area (Å²) in [6, 6.07) is 12.3. The monoisotopic (exact) mass is 468 g/mol. The minimum absolute atomic E-state index is 0.268. The topological polar surface area (TPSA) is 84.5 Å². The molecule has 2 N–H and O–H groups in total. The number of aryl methyl sites for hydroxylation is 1. The highest BCUT2D eigenvalue weighted by molar-refractivity contribution is 7.16. The Morgan fingerprint density at radius 3 is 2.56 bits per heavy atom. The Labute approximate surface area is 194 Å². The molecule has 0 saturated carbocycles. The third-order valence-corrected chi connectivity index (χ3v) is 7.36. The molecule has 0 fully saturated rings. The molecular formula is C24H24N2O4S2. The summed E-state index contributed by atoms with van der Waals surface area (Å²) in [4.78, 5) is 40.5. The Morgan fingerprint density at radius 1 is 1.06 bits per heavy atom. The Hall–Kier alpha value is -2.97. The molecular weight excluding hydrogens is 444 g/mol. The van der Waals surface area contributed by atoms with Gasteiger partial charge < -0.3 is 15.4 Å². The minimum atomic E-state index is -1.03. The van der Waals surface area contributed by atoms with E-state index in [2.05, 4.69) is 10.6 Å². The van der Waals surface area contributed by atoms with E-state index >= 15 is 0 Å². The van der Waals surface area contributed by atoms with Gasteiger partial charge in [-0.1, -0.05) is 36.4 Å². The molecule has 1 aliphatic carbocycles. The molecule has 0 bridgehead atoms. The summed E-state index contributed by atoms with van der Waals surface area (Å²) in [5.74, 6) is -1.03. The lowest BCUT2D eigenvalue weighted by Gasteiger charge is -2.20. The molecule has 0 aliphatic heterocycles. The lowest BCUT2D eigenvalue weighted by molar-refractivity contribution is 0.0526. The van der Waals surface area contributed by atoms with E-state index in [0.717, 1.165) is 36.1 Å². The fraction of sp³-hybridized carbons (Fsp3) is 0.292. The summed E-state index contributed by atoms with van der Waals surface area (Å²) in [6.45, 7) is 2.04. The van der Waals surface area contributed by atoms with Crippen LogP contribution >= 0.6 is 22.7 Å². The molecule has 1 atom stereocenters. The van der Waals surface area contributed by atoms with Gasteiger partial charge in [-0.3, -0.25) is 9.59 Å². The van der Waals surface area contributed by atoms with Crippen molar-refractivity contribution in [2.75, 3.05) is 11.9 Å². The van der Waals surface area contributed by atoms with Gasteiger partial charge in [-0.15, -0.1) is 22.7 Å². The summed E-state index contributed by atoms with van der Waals surface area (Å²) < 4.78 is 5.32. The first-order chi connectivity index (χ1) is 15.6. The Balaban J connectivity index is 1.69. The van der Waals surface area contributed by atoms with Crippen molar-refractivity contribution < 1.29 is 19.1 Å². The Kier molecular flexibility index (Phi) is 7.02. The van der Waals surface area contributed by atoms with Crippen LogP contribution in [0.25, 0.3) is 0 Å². The van der Waals surface area contributed by atoms with E-state index in [1.807, 2.05) is 11.4 Å². The number of hydrogen-bond acceptors (Lipinski definition) is 7. The third kappa shape index (κ3) is 4.76. The lowest BCUT2D eigenvalue weighted by Crippen LogP contribution is -2.46. The molecule has 0 unspecified atom stereocenters. The number of rotatable bonds is 8. The van der Waals surface area contributed by atoms with Crippen molar-refractivity contribution in [3.63, 3.8) is 0 Å². The van der Waals surface area contributed by atoms with E-state index in [9.17, 15) is 14.4 Å². The summed E-state index contributed by atoms with van der Waals surface area (Å²) >= 11 is 2.77. The van der Waals surface area contributed by atoms with E-state index in [1.165, 1.54) is 22.7 Å². The van der Waals surface area contributed by atoms with Crippen molar-refractivity contribution in [2.24, 2.45) is 0 Å². The van der Waals surface area contributed by atoms with Crippen LogP contribution < -0.4 is 10.6 Å². The fourth-order valence-corrected chi connectivity index (χ4v) is 5.70. The first-order valence-electron chi connectivity index (χ1n) is 10.6. The number of thiophene rings is 2. The number of fused-ring (bicyclic) bond motifs is 1. The van der Waals surface area contributed by atoms with Gasteiger partial charge in [-0.2, -0.15) is 0 Å². The highest BCUT2D eigenvalue weighted by Gasteiger charge is 2.30. The van der Waals surface area contributed by atoms with E-state index in [0.29, 0.717) is 21.0 Å². The van der Waals surface area contributed by atoms with Crippen molar-refractivity contribution in [2.45, 2.75) is 38.8 Å². The predicted octanol–water partition coefficient (Wildman–Crippen LogP) is 4.92. The van der Waals surface area contributed by atoms with Crippen LogP contribution in [0.15, 0.2) is 47.8 Å². The van der Waals surface area contributed by atoms with Crippen molar-refractivity contribution >= 4 is 45.3 Å². The van der Waals surface area contributed by atoms with Gasteiger partial charge in [-0.05, 0) is 49.6 Å². The van der Waals surface area contributed by atoms with Crippen molar-refractivity contribution in [1.82, 2.24) is 5.32 Å². The maximum absolute atomic E-state index is 13.3. The van der Waals surface area contributed by atoms with Gasteiger partial charge in [0.15, 0.2) is 6.17 Å². The first kappa shape index (κ1) is 22.2. The molecule has 1 aliphatic rings. The second-order valence-electron chi connectivity index (χ2n) is 7.39. The zero-order chi connectivity index (χ0) is 22.5. The van der Waals surface area contributed by atoms with Crippen LogP contribution in [-0.4, -0.2) is 30.4 Å². The molecule has 0 saturated heterocycles. The number of ether oxygens (including phenoxy) is 1. The maximum atomic E-state index is 13.3. The largest absolute Gasteiger partial charge is 0.462 e. The number of carbonyl (C=O) groups excluding carboxylic acids is 3. The second kappa shape index (κ2) is 10.1. The number of esters is 1. The number of amides is 1. The van der Waals surface area contributed by atoms with E-state index < -0.39 is 12.1 Å². The lowest BCUT2D eigenvalue weighted by atomic mass is 9.95. The summed E-state index contributed by atoms with van der Waals surface area (Å²) in [7, 11) is 0. The van der Waals surface area contributed by atoms with Crippen LogP contribution in [0, 0.1) is 0 Å². The molecule has 6 nitrogen and oxygen atoms in total. The Morgan fingerprint density at radius 2 is 1.84 bits per heavy atom. The van der Waals surface area contributed by atoms with E-state index in [1.54, 1.807) is 43.3 Å². The fourth-order valence-electron chi connectivity index (χ4n) is 3.76. The Bertz CT molecular complexity index is 1110. The smallest absolute Gasteiger partial charge is 0.341 e. The van der Waals surface area contributed by atoms with Crippen molar-refractivity contribution in [3.8, 4) is 0 Å². The SMILES string of the molecule is CCOC(=O)c1c(N[C@H](NC(=O)c2cccs2)C(=O)c2ccccc2)sc2c1CCCC2. The minimum Gasteiger partial charge on any atom is -0.462 e. The number of Topliss-reactive ketones (excluding diaryl/α,β-unsaturated/α-hetero) is 1. The van der Waals surface area contributed by atoms with E-state index in [4.69, 9.17) is 4.74 Å². The van der Waals surface area contributed by atoms with Crippen molar-refractivity contribution in [3.05, 3.63) is 74.3 Å². The van der Waals surface area contributed by atoms with Crippen LogP contribution in [-0.2, 0) is 17.6 Å². The zero-order valence-electron chi connectivity index (χ0n) is 17.7. The van der Waals surface area contributed by atoms with Gasteiger partial charge in [0.05, 0.1) is 17.0 Å². The molecule has 4 rings (SSSR count). The summed E-state index contributed by atoms with van der Waals surface area (Å²) in [6.07, 6.45) is 2.75. The molecule has 1 amide bonds. The molecule has 2 aromatic heterocycles. The van der Waals surface area contributed by atoms with Gasteiger partial charge in [0.2, 0.25) is 5.78 Å². The van der Waals surface area contributed by atoms with Gasteiger partial charge in [0.25, 0.3) is 5.91 Å². The number of ketones is 1. The van der Waals surface area contributed by atoms with Crippen LogP contribution in [0.2, 0.25) is 0 Å². The van der Waals surface area contributed by atoms with Gasteiger partial charge >= 0.3 is 5.97 Å².